The maximum absolute atomic E-state index is 12.1. The van der Waals surface area contributed by atoms with E-state index in [4.69, 9.17) is 9.15 Å². The van der Waals surface area contributed by atoms with Crippen molar-refractivity contribution in [2.24, 2.45) is 5.10 Å². The molecule has 0 atom stereocenters. The maximum Gasteiger partial charge on any atom is 0.279 e. The Morgan fingerprint density at radius 2 is 2.00 bits per heavy atom. The minimum atomic E-state index is -0.373. The first kappa shape index (κ1) is 15.5. The van der Waals surface area contributed by atoms with Crippen molar-refractivity contribution in [1.82, 2.24) is 15.2 Å². The Morgan fingerprint density at radius 3 is 2.62 bits per heavy atom. The molecule has 0 amide bonds. The number of methoxy groups -OCH3 is 1. The van der Waals surface area contributed by atoms with Crippen LogP contribution in [0.3, 0.4) is 0 Å². The van der Waals surface area contributed by atoms with Crippen molar-refractivity contribution in [3.05, 3.63) is 58.3 Å². The minimum absolute atomic E-state index is 0.136. The van der Waals surface area contributed by atoms with Gasteiger partial charge in [0, 0.05) is 5.56 Å². The van der Waals surface area contributed by atoms with E-state index in [1.54, 1.807) is 37.4 Å². The molecule has 1 aromatic carbocycles. The second kappa shape index (κ2) is 6.78. The van der Waals surface area contributed by atoms with E-state index in [1.807, 2.05) is 13.0 Å². The van der Waals surface area contributed by atoms with E-state index < -0.39 is 0 Å². The first-order valence-corrected chi connectivity index (χ1v) is 7.12. The van der Waals surface area contributed by atoms with E-state index in [1.165, 1.54) is 6.21 Å². The number of H-pyrrole nitrogens is 1. The zero-order chi connectivity index (χ0) is 16.9. The molecule has 0 bridgehead atoms. The first-order chi connectivity index (χ1) is 11.7. The summed E-state index contributed by atoms with van der Waals surface area (Å²) in [7, 11) is 1.58. The van der Waals surface area contributed by atoms with Crippen LogP contribution in [0.1, 0.15) is 11.5 Å². The van der Waals surface area contributed by atoms with Crippen LogP contribution in [0.4, 0.5) is 5.95 Å². The molecule has 0 aliphatic rings. The van der Waals surface area contributed by atoms with E-state index in [2.05, 4.69) is 25.7 Å². The van der Waals surface area contributed by atoms with Crippen LogP contribution in [0.15, 0.2) is 50.7 Å². The lowest BCUT2D eigenvalue weighted by atomic mass is 10.1. The Hall–Kier alpha value is -3.42. The number of furan rings is 1. The van der Waals surface area contributed by atoms with Gasteiger partial charge in [0.05, 0.1) is 13.3 Å². The molecule has 0 aliphatic heterocycles. The molecule has 0 fully saturated rings. The molecule has 0 radical (unpaired) electrons. The second-order valence-electron chi connectivity index (χ2n) is 4.90. The number of hydrogen-bond donors (Lipinski definition) is 2. The molecule has 8 nitrogen and oxygen atoms in total. The predicted molar refractivity (Wildman–Crippen MR) is 89.3 cm³/mol. The van der Waals surface area contributed by atoms with Crippen molar-refractivity contribution in [2.45, 2.75) is 6.92 Å². The highest BCUT2D eigenvalue weighted by Gasteiger charge is 2.07. The fraction of sp³-hybridized carbons (Fsp3) is 0.125. The normalized spacial score (nSPS) is 10.9. The third-order valence-corrected chi connectivity index (χ3v) is 3.18. The number of nitrogens with zero attached hydrogens (tertiary/aromatic N) is 3. The third-order valence-electron chi connectivity index (χ3n) is 3.18. The van der Waals surface area contributed by atoms with Gasteiger partial charge in [0.1, 0.15) is 17.3 Å². The Balaban J connectivity index is 1.74. The zero-order valence-electron chi connectivity index (χ0n) is 13.1. The third kappa shape index (κ3) is 3.49. The Kier molecular flexibility index (Phi) is 4.37. The van der Waals surface area contributed by atoms with Gasteiger partial charge in [-0.3, -0.25) is 9.78 Å². The van der Waals surface area contributed by atoms with Gasteiger partial charge in [0.25, 0.3) is 5.56 Å². The molecule has 0 saturated heterocycles. The SMILES string of the molecule is COc1ccc(-c2nnc(N/N=C/c3ccc(C)o3)[nH]c2=O)cc1. The van der Waals surface area contributed by atoms with Gasteiger partial charge in [-0.25, -0.2) is 5.43 Å². The van der Waals surface area contributed by atoms with Crippen LogP contribution in [0.2, 0.25) is 0 Å². The monoisotopic (exact) mass is 325 g/mol. The molecule has 122 valence electrons. The second-order valence-corrected chi connectivity index (χ2v) is 4.90. The minimum Gasteiger partial charge on any atom is -0.497 e. The van der Waals surface area contributed by atoms with Gasteiger partial charge >= 0.3 is 0 Å². The Labute approximate surface area is 137 Å². The van der Waals surface area contributed by atoms with E-state index in [0.717, 1.165) is 5.76 Å². The topological polar surface area (TPSA) is 105 Å². The molecular weight excluding hydrogens is 310 g/mol. The van der Waals surface area contributed by atoms with E-state index in [0.29, 0.717) is 17.1 Å². The summed E-state index contributed by atoms with van der Waals surface area (Å²) in [6.07, 6.45) is 1.48. The summed E-state index contributed by atoms with van der Waals surface area (Å²) in [6.45, 7) is 1.84. The number of ether oxygens (including phenoxy) is 1. The predicted octanol–water partition coefficient (Wildman–Crippen LogP) is 2.19. The lowest BCUT2D eigenvalue weighted by molar-refractivity contribution is 0.415. The number of anilines is 1. The van der Waals surface area contributed by atoms with Gasteiger partial charge in [-0.2, -0.15) is 5.10 Å². The molecule has 8 heteroatoms. The van der Waals surface area contributed by atoms with Crippen molar-refractivity contribution in [1.29, 1.82) is 0 Å². The highest BCUT2D eigenvalue weighted by molar-refractivity contribution is 5.76. The maximum atomic E-state index is 12.1. The molecule has 2 heterocycles. The van der Waals surface area contributed by atoms with Crippen LogP contribution in [-0.2, 0) is 0 Å². The molecule has 2 aromatic heterocycles. The quantitative estimate of drug-likeness (QED) is 0.550. The highest BCUT2D eigenvalue weighted by Crippen LogP contribution is 2.17. The Morgan fingerprint density at radius 1 is 1.21 bits per heavy atom. The van der Waals surface area contributed by atoms with Crippen LogP contribution in [0.5, 0.6) is 5.75 Å². The van der Waals surface area contributed by atoms with Crippen molar-refractivity contribution in [3.8, 4) is 17.0 Å². The van der Waals surface area contributed by atoms with Crippen molar-refractivity contribution < 1.29 is 9.15 Å². The van der Waals surface area contributed by atoms with E-state index >= 15 is 0 Å². The molecule has 3 rings (SSSR count). The van der Waals surface area contributed by atoms with Gasteiger partial charge < -0.3 is 9.15 Å². The van der Waals surface area contributed by atoms with Crippen molar-refractivity contribution >= 4 is 12.2 Å². The van der Waals surface area contributed by atoms with Crippen molar-refractivity contribution in [3.63, 3.8) is 0 Å². The van der Waals surface area contributed by atoms with Gasteiger partial charge in [0.15, 0.2) is 5.69 Å². The number of aromatic amines is 1. The molecule has 2 N–H and O–H groups in total. The van der Waals surface area contributed by atoms with Gasteiger partial charge in [-0.05, 0) is 43.3 Å². The lowest BCUT2D eigenvalue weighted by Gasteiger charge is -2.03. The van der Waals surface area contributed by atoms with Crippen LogP contribution >= 0.6 is 0 Å². The molecule has 0 unspecified atom stereocenters. The van der Waals surface area contributed by atoms with Gasteiger partial charge in [-0.15, -0.1) is 10.2 Å². The largest absolute Gasteiger partial charge is 0.497 e. The Bertz CT molecular complexity index is 912. The van der Waals surface area contributed by atoms with Crippen LogP contribution < -0.4 is 15.7 Å². The number of benzene rings is 1. The number of nitrogens with one attached hydrogen (secondary N) is 2. The summed E-state index contributed by atoms with van der Waals surface area (Å²) in [5.74, 6) is 2.21. The standard InChI is InChI=1S/C16H15N5O3/c1-10-3-6-13(24-10)9-17-20-16-18-15(22)14(19-21-16)11-4-7-12(23-2)8-5-11/h3-9H,1-2H3,(H2,18,20,21,22)/b17-9+. The summed E-state index contributed by atoms with van der Waals surface area (Å²) >= 11 is 0. The summed E-state index contributed by atoms with van der Waals surface area (Å²) in [4.78, 5) is 14.7. The summed E-state index contributed by atoms with van der Waals surface area (Å²) < 4.78 is 10.4. The fourth-order valence-corrected chi connectivity index (χ4v) is 2.01. The van der Waals surface area contributed by atoms with E-state index in [-0.39, 0.29) is 17.2 Å². The molecule has 3 aromatic rings. The number of hydrogen-bond acceptors (Lipinski definition) is 7. The summed E-state index contributed by atoms with van der Waals surface area (Å²) in [5.41, 5.74) is 3.09. The van der Waals surface area contributed by atoms with Gasteiger partial charge in [0.2, 0.25) is 5.95 Å². The molecule has 0 aliphatic carbocycles. The number of rotatable bonds is 5. The molecular formula is C16H15N5O3. The summed E-state index contributed by atoms with van der Waals surface area (Å²) in [6, 6.07) is 10.6. The zero-order valence-corrected chi connectivity index (χ0v) is 13.1. The number of aryl methyl sites for hydroxylation is 1. The number of hydrazone groups is 1. The van der Waals surface area contributed by atoms with Gasteiger partial charge in [-0.1, -0.05) is 0 Å². The van der Waals surface area contributed by atoms with Crippen molar-refractivity contribution in [2.75, 3.05) is 12.5 Å². The van der Waals surface area contributed by atoms with E-state index in [9.17, 15) is 4.79 Å². The molecule has 24 heavy (non-hydrogen) atoms. The fourth-order valence-electron chi connectivity index (χ4n) is 2.01. The summed E-state index contributed by atoms with van der Waals surface area (Å²) in [5, 5.41) is 11.8. The lowest BCUT2D eigenvalue weighted by Crippen LogP contribution is -2.15. The number of aromatic nitrogens is 3. The average molecular weight is 325 g/mol. The van der Waals surface area contributed by atoms with Crippen LogP contribution in [0, 0.1) is 6.92 Å². The smallest absolute Gasteiger partial charge is 0.279 e. The van der Waals surface area contributed by atoms with Crippen LogP contribution in [-0.4, -0.2) is 28.5 Å². The van der Waals surface area contributed by atoms with Crippen LogP contribution in [0.25, 0.3) is 11.3 Å². The average Bonchev–Trinajstić information content (AvgIpc) is 3.00. The molecule has 0 saturated carbocycles. The highest BCUT2D eigenvalue weighted by atomic mass is 16.5. The molecule has 0 spiro atoms. The first-order valence-electron chi connectivity index (χ1n) is 7.12.